The molecular formula is C11H22ClN3O2. The van der Waals surface area contributed by atoms with Gasteiger partial charge < -0.3 is 27.7 Å². The van der Waals surface area contributed by atoms with Crippen molar-refractivity contribution in [3.63, 3.8) is 0 Å². The third-order valence-electron chi connectivity index (χ3n) is 2.60. The average Bonchev–Trinajstić information content (AvgIpc) is 2.63. The number of hydrogen-bond donors (Lipinski definition) is 2. The molecule has 6 heteroatoms. The zero-order valence-corrected chi connectivity index (χ0v) is 11.8. The van der Waals surface area contributed by atoms with Crippen LogP contribution in [0.3, 0.4) is 0 Å². The maximum atomic E-state index is 9.98. The van der Waals surface area contributed by atoms with Gasteiger partial charge in [0.2, 0.25) is 5.89 Å². The molecule has 1 aromatic heterocycles. The first-order valence-electron chi connectivity index (χ1n) is 5.58. The van der Waals surface area contributed by atoms with Crippen LogP contribution in [0.25, 0.3) is 0 Å². The second-order valence-electron chi connectivity index (χ2n) is 5.55. The Bertz CT molecular complexity index is 347. The summed E-state index contributed by atoms with van der Waals surface area (Å²) in [4.78, 5) is 0. The topological polar surface area (TPSA) is 86.8 Å². The highest BCUT2D eigenvalue weighted by atomic mass is 35.5. The second-order valence-corrected chi connectivity index (χ2v) is 5.55. The van der Waals surface area contributed by atoms with Gasteiger partial charge in [0.1, 0.15) is 6.04 Å². The molecule has 1 unspecified atom stereocenters. The molecule has 0 spiro atoms. The van der Waals surface area contributed by atoms with Crippen molar-refractivity contribution in [2.75, 3.05) is 0 Å². The van der Waals surface area contributed by atoms with Crippen LogP contribution in [0.1, 0.15) is 52.5 Å². The van der Waals surface area contributed by atoms with Gasteiger partial charge in [-0.2, -0.15) is 0 Å². The summed E-state index contributed by atoms with van der Waals surface area (Å²) in [6.45, 7) is 9.96. The van der Waals surface area contributed by atoms with E-state index in [1.807, 2.05) is 34.6 Å². The monoisotopic (exact) mass is 263 g/mol. The molecule has 100 valence electrons. The number of aromatic nitrogens is 2. The molecule has 0 bridgehead atoms. The molecule has 1 aromatic rings. The van der Waals surface area contributed by atoms with Crippen molar-refractivity contribution in [2.45, 2.75) is 52.2 Å². The lowest BCUT2D eigenvalue weighted by molar-refractivity contribution is -0.451. The summed E-state index contributed by atoms with van der Waals surface area (Å²) in [5, 5.41) is 17.8. The van der Waals surface area contributed by atoms with Gasteiger partial charge in [0.05, 0.1) is 0 Å². The molecule has 0 aliphatic carbocycles. The molecule has 5 nitrogen and oxygen atoms in total. The molecule has 17 heavy (non-hydrogen) atoms. The van der Waals surface area contributed by atoms with Crippen LogP contribution in [-0.4, -0.2) is 21.3 Å². The predicted octanol–water partition coefficient (Wildman–Crippen LogP) is -2.33. The van der Waals surface area contributed by atoms with Gasteiger partial charge in [-0.05, 0) is 0 Å². The molecule has 0 saturated carbocycles. The average molecular weight is 264 g/mol. The highest BCUT2D eigenvalue weighted by Crippen LogP contribution is 2.24. The lowest BCUT2D eigenvalue weighted by Crippen LogP contribution is -3.00. The molecule has 0 saturated heterocycles. The first-order chi connectivity index (χ1) is 7.23. The van der Waals surface area contributed by atoms with Crippen LogP contribution >= 0.6 is 0 Å². The van der Waals surface area contributed by atoms with E-state index in [0.717, 1.165) is 0 Å². The number of nitrogens with zero attached hydrogens (tertiary/aromatic N) is 2. The summed E-state index contributed by atoms with van der Waals surface area (Å²) in [7, 11) is 0. The third-order valence-corrected chi connectivity index (χ3v) is 2.60. The number of halogens is 1. The lowest BCUT2D eigenvalue weighted by Gasteiger charge is -2.16. The molecule has 0 fully saturated rings. The number of quaternary nitrogens is 1. The van der Waals surface area contributed by atoms with E-state index in [2.05, 4.69) is 15.9 Å². The van der Waals surface area contributed by atoms with Gasteiger partial charge in [-0.3, -0.25) is 0 Å². The van der Waals surface area contributed by atoms with Gasteiger partial charge in [0, 0.05) is 11.3 Å². The Balaban J connectivity index is 0.00000256. The number of hydrogen-bond acceptors (Lipinski definition) is 4. The van der Waals surface area contributed by atoms with E-state index in [9.17, 15) is 5.11 Å². The van der Waals surface area contributed by atoms with E-state index in [4.69, 9.17) is 4.42 Å². The zero-order chi connectivity index (χ0) is 12.5. The van der Waals surface area contributed by atoms with Crippen LogP contribution in [0.5, 0.6) is 0 Å². The minimum atomic E-state index is -0.788. The Hall–Kier alpha value is -0.650. The van der Waals surface area contributed by atoms with Crippen molar-refractivity contribution in [3.05, 3.63) is 11.8 Å². The first-order valence-corrected chi connectivity index (χ1v) is 5.58. The quantitative estimate of drug-likeness (QED) is 0.641. The van der Waals surface area contributed by atoms with Crippen molar-refractivity contribution >= 4 is 0 Å². The Labute approximate surface area is 108 Å². The third kappa shape index (κ3) is 3.94. The highest BCUT2D eigenvalue weighted by molar-refractivity contribution is 4.98. The molecule has 1 rings (SSSR count). The Kier molecular flexibility index (Phi) is 5.58. The van der Waals surface area contributed by atoms with Crippen LogP contribution in [0.15, 0.2) is 4.42 Å². The molecule has 0 amide bonds. The van der Waals surface area contributed by atoms with Gasteiger partial charge in [0.15, 0.2) is 6.10 Å². The van der Waals surface area contributed by atoms with E-state index >= 15 is 0 Å². The molecule has 1 heterocycles. The minimum Gasteiger partial charge on any atom is -1.00 e. The van der Waals surface area contributed by atoms with Crippen LogP contribution in [-0.2, 0) is 5.41 Å². The van der Waals surface area contributed by atoms with E-state index in [0.29, 0.717) is 5.89 Å². The summed E-state index contributed by atoms with van der Waals surface area (Å²) >= 11 is 0. The zero-order valence-electron chi connectivity index (χ0n) is 11.1. The molecule has 0 aliphatic heterocycles. The molecule has 0 aliphatic rings. The van der Waals surface area contributed by atoms with Crippen LogP contribution in [0.4, 0.5) is 0 Å². The van der Waals surface area contributed by atoms with Gasteiger partial charge in [0.25, 0.3) is 5.89 Å². The summed E-state index contributed by atoms with van der Waals surface area (Å²) in [5.41, 5.74) is 3.71. The molecular weight excluding hydrogens is 242 g/mol. The van der Waals surface area contributed by atoms with E-state index in [-0.39, 0.29) is 35.7 Å². The fourth-order valence-corrected chi connectivity index (χ4v) is 1.20. The first kappa shape index (κ1) is 16.4. The maximum Gasteiger partial charge on any atom is 0.251 e. The Morgan fingerprint density at radius 3 is 2.12 bits per heavy atom. The van der Waals surface area contributed by atoms with Crippen molar-refractivity contribution in [1.29, 1.82) is 0 Å². The van der Waals surface area contributed by atoms with E-state index in [1.54, 1.807) is 0 Å². The van der Waals surface area contributed by atoms with Gasteiger partial charge >= 0.3 is 0 Å². The molecule has 2 atom stereocenters. The van der Waals surface area contributed by atoms with Gasteiger partial charge in [-0.1, -0.05) is 34.6 Å². The standard InChI is InChI=1S/C11H21N3O2.ClH/c1-6(2)7(12)8(15)9-13-14-10(16-9)11(3,4)5;/h6-8,15H,12H2,1-5H3;1H/t7-,8?;/m0./s1. The number of aliphatic hydroxyl groups is 1. The van der Waals surface area contributed by atoms with Crippen LogP contribution < -0.4 is 18.1 Å². The fourth-order valence-electron chi connectivity index (χ4n) is 1.20. The molecule has 0 radical (unpaired) electrons. The Morgan fingerprint density at radius 2 is 1.76 bits per heavy atom. The SMILES string of the molecule is CC(C)[C@H]([NH3+])C(O)c1nnc(C(C)(C)C)o1.[Cl-]. The number of rotatable bonds is 3. The largest absolute Gasteiger partial charge is 1.00 e. The highest BCUT2D eigenvalue weighted by Gasteiger charge is 2.30. The predicted molar refractivity (Wildman–Crippen MR) is 59.5 cm³/mol. The summed E-state index contributed by atoms with van der Waals surface area (Å²) < 4.78 is 5.47. The van der Waals surface area contributed by atoms with Crippen molar-refractivity contribution < 1.29 is 27.7 Å². The van der Waals surface area contributed by atoms with Crippen molar-refractivity contribution in [1.82, 2.24) is 10.2 Å². The van der Waals surface area contributed by atoms with Gasteiger partial charge in [-0.25, -0.2) is 0 Å². The fraction of sp³-hybridized carbons (Fsp3) is 0.818. The summed E-state index contributed by atoms with van der Waals surface area (Å²) in [5.74, 6) is 1.07. The van der Waals surface area contributed by atoms with Crippen molar-refractivity contribution in [2.24, 2.45) is 5.92 Å². The molecule has 4 N–H and O–H groups in total. The lowest BCUT2D eigenvalue weighted by atomic mass is 9.97. The minimum absolute atomic E-state index is 0. The van der Waals surface area contributed by atoms with E-state index in [1.165, 1.54) is 0 Å². The van der Waals surface area contributed by atoms with Crippen molar-refractivity contribution in [3.8, 4) is 0 Å². The maximum absolute atomic E-state index is 9.98. The van der Waals surface area contributed by atoms with Crippen LogP contribution in [0, 0.1) is 5.92 Å². The number of aliphatic hydroxyl groups excluding tert-OH is 1. The molecule has 0 aromatic carbocycles. The normalized spacial score (nSPS) is 15.5. The van der Waals surface area contributed by atoms with Gasteiger partial charge in [-0.15, -0.1) is 10.2 Å². The summed E-state index contributed by atoms with van der Waals surface area (Å²) in [6.07, 6.45) is -0.788. The second kappa shape index (κ2) is 5.80. The summed E-state index contributed by atoms with van der Waals surface area (Å²) in [6, 6.07) is -0.145. The van der Waals surface area contributed by atoms with E-state index < -0.39 is 6.10 Å². The smallest absolute Gasteiger partial charge is 0.251 e. The Morgan fingerprint density at radius 1 is 1.24 bits per heavy atom. The van der Waals surface area contributed by atoms with Crippen LogP contribution in [0.2, 0.25) is 0 Å².